The topological polar surface area (TPSA) is 37.3 Å². The van der Waals surface area contributed by atoms with Crippen molar-refractivity contribution in [3.8, 4) is 0 Å². The lowest BCUT2D eigenvalue weighted by atomic mass is 10.1. The lowest BCUT2D eigenvalue weighted by molar-refractivity contribution is -0.131. The van der Waals surface area contributed by atoms with Crippen molar-refractivity contribution in [2.75, 3.05) is 0 Å². The van der Waals surface area contributed by atoms with Gasteiger partial charge in [-0.3, -0.25) is 0 Å². The monoisotopic (exact) mass is 208 g/mol. The molecule has 1 N–H and O–H groups in total. The number of carboxylic acid groups (broad SMARTS) is 1. The van der Waals surface area contributed by atoms with Crippen LogP contribution in [0.25, 0.3) is 0 Å². The molecule has 0 aromatic carbocycles. The Kier molecular flexibility index (Phi) is 9.83. The Bertz CT molecular complexity index is 237. The van der Waals surface area contributed by atoms with Gasteiger partial charge in [-0.15, -0.1) is 0 Å². The number of unbranched alkanes of at least 4 members (excludes halogenated alkanes) is 4. The molecule has 0 spiro atoms. The third-order valence-electron chi connectivity index (χ3n) is 1.93. The summed E-state index contributed by atoms with van der Waals surface area (Å²) < 4.78 is 0. The summed E-state index contributed by atoms with van der Waals surface area (Å²) in [6.07, 6.45) is 16.5. The molecule has 0 unspecified atom stereocenters. The van der Waals surface area contributed by atoms with E-state index in [1.54, 1.807) is 6.08 Å². The van der Waals surface area contributed by atoms with Gasteiger partial charge >= 0.3 is 5.97 Å². The molecule has 0 bridgehead atoms. The molecule has 0 aromatic heterocycles. The van der Waals surface area contributed by atoms with Crippen molar-refractivity contribution in [1.29, 1.82) is 0 Å². The number of hydrogen-bond acceptors (Lipinski definition) is 1. The molecule has 0 atom stereocenters. The first kappa shape index (κ1) is 13.7. The van der Waals surface area contributed by atoms with Gasteiger partial charge in [-0.2, -0.15) is 0 Å². The smallest absolute Gasteiger partial charge is 0.328 e. The third-order valence-corrected chi connectivity index (χ3v) is 1.93. The summed E-state index contributed by atoms with van der Waals surface area (Å²) in [7, 11) is 0. The van der Waals surface area contributed by atoms with Crippen molar-refractivity contribution in [3.05, 3.63) is 36.5 Å². The zero-order valence-corrected chi connectivity index (χ0v) is 9.36. The molecule has 15 heavy (non-hydrogen) atoms. The normalized spacial score (nSPS) is 12.1. The Hall–Kier alpha value is -1.31. The van der Waals surface area contributed by atoms with Gasteiger partial charge in [0.25, 0.3) is 0 Å². The summed E-state index contributed by atoms with van der Waals surface area (Å²) in [5.41, 5.74) is 0. The van der Waals surface area contributed by atoms with Gasteiger partial charge in [0.05, 0.1) is 0 Å². The molecule has 84 valence electrons. The first-order valence-corrected chi connectivity index (χ1v) is 5.50. The molecular formula is C13H20O2. The van der Waals surface area contributed by atoms with Crippen LogP contribution in [0, 0.1) is 0 Å². The quantitative estimate of drug-likeness (QED) is 0.375. The van der Waals surface area contributed by atoms with E-state index in [4.69, 9.17) is 5.11 Å². The summed E-state index contributed by atoms with van der Waals surface area (Å²) in [6.45, 7) is 2.20. The van der Waals surface area contributed by atoms with E-state index in [0.717, 1.165) is 12.5 Å². The van der Waals surface area contributed by atoms with Crippen LogP contribution in [0.4, 0.5) is 0 Å². The first-order chi connectivity index (χ1) is 7.27. The second kappa shape index (κ2) is 10.8. The maximum absolute atomic E-state index is 10.1. The van der Waals surface area contributed by atoms with Crippen LogP contribution in [-0.2, 0) is 4.79 Å². The van der Waals surface area contributed by atoms with Gasteiger partial charge in [0, 0.05) is 6.08 Å². The number of rotatable bonds is 8. The number of allylic oxidation sites excluding steroid dienone is 5. The maximum Gasteiger partial charge on any atom is 0.328 e. The van der Waals surface area contributed by atoms with E-state index in [-0.39, 0.29) is 0 Å². The molecule has 0 aliphatic heterocycles. The zero-order valence-electron chi connectivity index (χ0n) is 9.36. The van der Waals surface area contributed by atoms with Crippen molar-refractivity contribution < 1.29 is 9.90 Å². The molecule has 0 radical (unpaired) electrons. The molecule has 0 aromatic rings. The summed E-state index contributed by atoms with van der Waals surface area (Å²) in [5.74, 6) is -0.914. The molecular weight excluding hydrogens is 188 g/mol. The van der Waals surface area contributed by atoms with Crippen molar-refractivity contribution in [2.24, 2.45) is 0 Å². The van der Waals surface area contributed by atoms with E-state index in [0.29, 0.717) is 0 Å². The van der Waals surface area contributed by atoms with Crippen LogP contribution in [0.2, 0.25) is 0 Å². The zero-order chi connectivity index (χ0) is 11.4. The highest BCUT2D eigenvalue weighted by molar-refractivity contribution is 5.80. The van der Waals surface area contributed by atoms with Crippen molar-refractivity contribution in [2.45, 2.75) is 39.0 Å². The fraction of sp³-hybridized carbons (Fsp3) is 0.462. The van der Waals surface area contributed by atoms with Crippen LogP contribution in [0.3, 0.4) is 0 Å². The second-order valence-corrected chi connectivity index (χ2v) is 3.36. The summed E-state index contributed by atoms with van der Waals surface area (Å²) in [6, 6.07) is 0. The van der Waals surface area contributed by atoms with Gasteiger partial charge < -0.3 is 5.11 Å². The van der Waals surface area contributed by atoms with E-state index >= 15 is 0 Å². The minimum absolute atomic E-state index is 0.914. The van der Waals surface area contributed by atoms with E-state index in [2.05, 4.69) is 13.0 Å². The minimum Gasteiger partial charge on any atom is -0.478 e. The van der Waals surface area contributed by atoms with Crippen LogP contribution in [0.1, 0.15) is 39.0 Å². The van der Waals surface area contributed by atoms with Crippen LogP contribution < -0.4 is 0 Å². The molecule has 0 aliphatic rings. The van der Waals surface area contributed by atoms with Crippen molar-refractivity contribution in [3.63, 3.8) is 0 Å². The fourth-order valence-corrected chi connectivity index (χ4v) is 1.13. The molecule has 0 fully saturated rings. The van der Waals surface area contributed by atoms with Gasteiger partial charge in [-0.25, -0.2) is 4.79 Å². The molecule has 0 rings (SSSR count). The van der Waals surface area contributed by atoms with Gasteiger partial charge in [-0.1, -0.05) is 56.6 Å². The van der Waals surface area contributed by atoms with E-state index in [1.165, 1.54) is 31.8 Å². The number of carboxylic acids is 1. The maximum atomic E-state index is 10.1. The van der Waals surface area contributed by atoms with Gasteiger partial charge in [0.15, 0.2) is 0 Å². The highest BCUT2D eigenvalue weighted by atomic mass is 16.4. The molecule has 0 amide bonds. The Morgan fingerprint density at radius 2 is 1.80 bits per heavy atom. The van der Waals surface area contributed by atoms with E-state index < -0.39 is 5.97 Å². The third kappa shape index (κ3) is 12.7. The fourth-order valence-electron chi connectivity index (χ4n) is 1.13. The Balaban J connectivity index is 3.41. The predicted octanol–water partition coefficient (Wildman–Crippen LogP) is 3.71. The van der Waals surface area contributed by atoms with Crippen LogP contribution in [0.5, 0.6) is 0 Å². The lowest BCUT2D eigenvalue weighted by Crippen LogP contribution is -1.84. The average molecular weight is 208 g/mol. The van der Waals surface area contributed by atoms with Crippen LogP contribution in [0.15, 0.2) is 36.5 Å². The standard InChI is InChI=1S/C13H20O2/c1-2-3-4-5-6-7-8-9-10-11-12-13(14)15/h7-12H,2-6H2,1H3,(H,14,15)/b8-7?,10-9?,12-11+. The van der Waals surface area contributed by atoms with Gasteiger partial charge in [-0.05, 0) is 12.8 Å². The SMILES string of the molecule is CCCCCCC=CC=C/C=C/C(=O)O. The number of carbonyl (C=O) groups is 1. The molecule has 0 saturated heterocycles. The van der Waals surface area contributed by atoms with E-state index in [9.17, 15) is 4.79 Å². The van der Waals surface area contributed by atoms with Gasteiger partial charge in [0.2, 0.25) is 0 Å². The molecule has 0 saturated carbocycles. The molecule has 2 nitrogen and oxygen atoms in total. The molecule has 0 heterocycles. The van der Waals surface area contributed by atoms with Crippen molar-refractivity contribution >= 4 is 5.97 Å². The van der Waals surface area contributed by atoms with Crippen molar-refractivity contribution in [1.82, 2.24) is 0 Å². The lowest BCUT2D eigenvalue weighted by Gasteiger charge is -1.92. The average Bonchev–Trinajstić information content (AvgIpc) is 2.20. The Morgan fingerprint density at radius 3 is 2.47 bits per heavy atom. The minimum atomic E-state index is -0.914. The highest BCUT2D eigenvalue weighted by Gasteiger charge is 1.83. The highest BCUT2D eigenvalue weighted by Crippen LogP contribution is 2.02. The predicted molar refractivity (Wildman–Crippen MR) is 63.8 cm³/mol. The summed E-state index contributed by atoms with van der Waals surface area (Å²) in [5, 5.41) is 8.30. The summed E-state index contributed by atoms with van der Waals surface area (Å²) >= 11 is 0. The largest absolute Gasteiger partial charge is 0.478 e. The number of aliphatic carboxylic acids is 1. The second-order valence-electron chi connectivity index (χ2n) is 3.36. The summed E-state index contributed by atoms with van der Waals surface area (Å²) in [4.78, 5) is 10.1. The van der Waals surface area contributed by atoms with E-state index in [1.807, 2.05) is 12.2 Å². The Morgan fingerprint density at radius 1 is 1.07 bits per heavy atom. The molecule has 2 heteroatoms. The van der Waals surface area contributed by atoms with Crippen LogP contribution >= 0.6 is 0 Å². The number of hydrogen-bond donors (Lipinski definition) is 1. The van der Waals surface area contributed by atoms with Gasteiger partial charge in [0.1, 0.15) is 0 Å². The van der Waals surface area contributed by atoms with Crippen LogP contribution in [-0.4, -0.2) is 11.1 Å². The molecule has 0 aliphatic carbocycles. The Labute approximate surface area is 92.0 Å². The first-order valence-electron chi connectivity index (χ1n) is 5.50.